The van der Waals surface area contributed by atoms with Crippen LogP contribution in [0.1, 0.15) is 54.2 Å². The van der Waals surface area contributed by atoms with Crippen LogP contribution in [0.5, 0.6) is 5.75 Å². The summed E-state index contributed by atoms with van der Waals surface area (Å²) in [6, 6.07) is 12.2. The van der Waals surface area contributed by atoms with Gasteiger partial charge in [-0.15, -0.1) is 0 Å². The lowest BCUT2D eigenvalue weighted by molar-refractivity contribution is -0.130. The summed E-state index contributed by atoms with van der Waals surface area (Å²) in [6.07, 6.45) is 2.49. The Labute approximate surface area is 164 Å². The number of esters is 1. The van der Waals surface area contributed by atoms with Crippen molar-refractivity contribution in [2.24, 2.45) is 0 Å². The van der Waals surface area contributed by atoms with E-state index in [1.54, 1.807) is 43.3 Å². The Morgan fingerprint density at radius 2 is 1.82 bits per heavy atom. The van der Waals surface area contributed by atoms with Crippen LogP contribution in [-0.4, -0.2) is 30.3 Å². The highest BCUT2D eigenvalue weighted by Crippen LogP contribution is 2.39. The molecular weight excluding hydrogens is 356 g/mol. The van der Waals surface area contributed by atoms with Gasteiger partial charge in [-0.25, -0.2) is 9.59 Å². The number of carboxylic acids is 1. The van der Waals surface area contributed by atoms with E-state index in [2.05, 4.69) is 13.8 Å². The van der Waals surface area contributed by atoms with Crippen molar-refractivity contribution < 1.29 is 24.2 Å². The number of rotatable bonds is 5. The monoisotopic (exact) mass is 380 g/mol. The highest BCUT2D eigenvalue weighted by molar-refractivity contribution is 6.20. The lowest BCUT2D eigenvalue weighted by atomic mass is 9.79. The maximum atomic E-state index is 11.9. The summed E-state index contributed by atoms with van der Waals surface area (Å²) < 4.78 is 10.7. The summed E-state index contributed by atoms with van der Waals surface area (Å²) in [4.78, 5) is 23.7. The van der Waals surface area contributed by atoms with E-state index >= 15 is 0 Å². The summed E-state index contributed by atoms with van der Waals surface area (Å²) in [5.41, 5.74) is 2.88. The van der Waals surface area contributed by atoms with Gasteiger partial charge in [0, 0.05) is 5.56 Å². The first-order valence-electron chi connectivity index (χ1n) is 9.31. The molecule has 28 heavy (non-hydrogen) atoms. The van der Waals surface area contributed by atoms with Gasteiger partial charge in [-0.3, -0.25) is 0 Å². The molecule has 0 radical (unpaired) electrons. The Morgan fingerprint density at radius 1 is 1.14 bits per heavy atom. The number of hydrogen-bond donors (Lipinski definition) is 1. The van der Waals surface area contributed by atoms with Gasteiger partial charge in [0.15, 0.2) is 0 Å². The summed E-state index contributed by atoms with van der Waals surface area (Å²) in [5.74, 6) is -0.596. The summed E-state index contributed by atoms with van der Waals surface area (Å²) in [5, 5.41) is 9.76. The number of aliphatic carboxylic acids is 1. The van der Waals surface area contributed by atoms with Gasteiger partial charge in [-0.2, -0.15) is 0 Å². The zero-order chi connectivity index (χ0) is 20.3. The zero-order valence-electron chi connectivity index (χ0n) is 16.3. The third kappa shape index (κ3) is 4.09. The van der Waals surface area contributed by atoms with E-state index in [0.717, 1.165) is 17.7 Å². The largest absolute Gasteiger partial charge is 0.493 e. The second kappa shape index (κ2) is 7.89. The summed E-state index contributed by atoms with van der Waals surface area (Å²) in [6.45, 7) is 6.99. The minimum Gasteiger partial charge on any atom is -0.493 e. The molecule has 0 bridgehead atoms. The van der Waals surface area contributed by atoms with Crippen LogP contribution in [0.2, 0.25) is 0 Å². The van der Waals surface area contributed by atoms with Gasteiger partial charge >= 0.3 is 11.9 Å². The van der Waals surface area contributed by atoms with Crippen LogP contribution in [0.25, 0.3) is 11.6 Å². The van der Waals surface area contributed by atoms with Crippen molar-refractivity contribution in [1.82, 2.24) is 0 Å². The maximum absolute atomic E-state index is 11.9. The smallest absolute Gasteiger partial charge is 0.338 e. The van der Waals surface area contributed by atoms with E-state index < -0.39 is 11.9 Å². The lowest BCUT2D eigenvalue weighted by Gasteiger charge is -2.32. The van der Waals surface area contributed by atoms with Gasteiger partial charge in [0.05, 0.1) is 24.4 Å². The molecule has 0 amide bonds. The molecule has 0 atom stereocenters. The minimum atomic E-state index is -1.01. The predicted octanol–water partition coefficient (Wildman–Crippen LogP) is 4.55. The second-order valence-corrected chi connectivity index (χ2v) is 7.40. The van der Waals surface area contributed by atoms with Gasteiger partial charge in [-0.05, 0) is 60.2 Å². The molecule has 0 aliphatic carbocycles. The normalized spacial score (nSPS) is 15.3. The highest BCUT2D eigenvalue weighted by Gasteiger charge is 2.29. The molecular formula is C23H24O5. The first-order valence-corrected chi connectivity index (χ1v) is 9.31. The number of carbonyl (C=O) groups excluding carboxylic acids is 1. The molecule has 5 heteroatoms. The van der Waals surface area contributed by atoms with Crippen LogP contribution >= 0.6 is 0 Å². The average Bonchev–Trinajstić information content (AvgIpc) is 2.66. The van der Waals surface area contributed by atoms with Gasteiger partial charge in [0.25, 0.3) is 0 Å². The SMILES string of the molecule is CCOC(=O)c1ccc(/C=C(\C(=O)O)c2ccc3c(c2)C(C)(C)CCO3)cc1. The topological polar surface area (TPSA) is 72.8 Å². The summed E-state index contributed by atoms with van der Waals surface area (Å²) in [7, 11) is 0. The molecule has 0 saturated carbocycles. The number of ether oxygens (including phenoxy) is 2. The van der Waals surface area contributed by atoms with Crippen molar-refractivity contribution >= 4 is 23.6 Å². The predicted molar refractivity (Wildman–Crippen MR) is 107 cm³/mol. The molecule has 0 fully saturated rings. The van der Waals surface area contributed by atoms with Crippen molar-refractivity contribution in [3.8, 4) is 5.75 Å². The quantitative estimate of drug-likeness (QED) is 0.468. The molecule has 0 aromatic heterocycles. The molecule has 2 aromatic carbocycles. The van der Waals surface area contributed by atoms with Crippen molar-refractivity contribution in [3.05, 3.63) is 64.7 Å². The second-order valence-electron chi connectivity index (χ2n) is 7.40. The molecule has 1 aliphatic heterocycles. The molecule has 3 rings (SSSR count). The maximum Gasteiger partial charge on any atom is 0.338 e. The van der Waals surface area contributed by atoms with Crippen LogP contribution in [0, 0.1) is 0 Å². The molecule has 5 nitrogen and oxygen atoms in total. The van der Waals surface area contributed by atoms with Crippen molar-refractivity contribution in [2.45, 2.75) is 32.6 Å². The third-order valence-corrected chi connectivity index (χ3v) is 4.97. The van der Waals surface area contributed by atoms with Gasteiger partial charge in [-0.1, -0.05) is 32.0 Å². The molecule has 146 valence electrons. The van der Waals surface area contributed by atoms with Crippen molar-refractivity contribution in [3.63, 3.8) is 0 Å². The number of carboxylic acid groups (broad SMARTS) is 1. The van der Waals surface area contributed by atoms with Gasteiger partial charge in [0.2, 0.25) is 0 Å². The number of carbonyl (C=O) groups is 2. The van der Waals surface area contributed by atoms with Crippen molar-refractivity contribution in [1.29, 1.82) is 0 Å². The lowest BCUT2D eigenvalue weighted by Crippen LogP contribution is -2.26. The van der Waals surface area contributed by atoms with E-state index in [-0.39, 0.29) is 11.0 Å². The first kappa shape index (κ1) is 19.7. The fourth-order valence-electron chi connectivity index (χ4n) is 3.27. The number of hydrogen-bond acceptors (Lipinski definition) is 4. The van der Waals surface area contributed by atoms with E-state index in [1.165, 1.54) is 0 Å². The molecule has 0 unspecified atom stereocenters. The number of benzene rings is 2. The molecule has 1 N–H and O–H groups in total. The molecule has 1 aliphatic rings. The fraction of sp³-hybridized carbons (Fsp3) is 0.304. The van der Waals surface area contributed by atoms with Gasteiger partial charge in [0.1, 0.15) is 5.75 Å². The Morgan fingerprint density at radius 3 is 2.46 bits per heavy atom. The first-order chi connectivity index (χ1) is 13.3. The molecule has 0 spiro atoms. The zero-order valence-corrected chi connectivity index (χ0v) is 16.3. The van der Waals surface area contributed by atoms with Gasteiger partial charge < -0.3 is 14.6 Å². The average molecular weight is 380 g/mol. The molecule has 0 saturated heterocycles. The van der Waals surface area contributed by atoms with E-state index in [1.807, 2.05) is 12.1 Å². The minimum absolute atomic E-state index is 0.0749. The molecule has 2 aromatic rings. The Balaban J connectivity index is 1.96. The third-order valence-electron chi connectivity index (χ3n) is 4.97. The van der Waals surface area contributed by atoms with E-state index in [4.69, 9.17) is 9.47 Å². The van der Waals surface area contributed by atoms with Crippen LogP contribution < -0.4 is 4.74 Å². The summed E-state index contributed by atoms with van der Waals surface area (Å²) >= 11 is 0. The number of fused-ring (bicyclic) bond motifs is 1. The van der Waals surface area contributed by atoms with Crippen LogP contribution in [0.15, 0.2) is 42.5 Å². The fourth-order valence-corrected chi connectivity index (χ4v) is 3.27. The Kier molecular flexibility index (Phi) is 5.54. The van der Waals surface area contributed by atoms with Crippen LogP contribution in [0.4, 0.5) is 0 Å². The van der Waals surface area contributed by atoms with Crippen LogP contribution in [0.3, 0.4) is 0 Å². The Hall–Kier alpha value is -3.08. The Bertz CT molecular complexity index is 923. The van der Waals surface area contributed by atoms with Crippen LogP contribution in [-0.2, 0) is 14.9 Å². The van der Waals surface area contributed by atoms with Crippen molar-refractivity contribution in [2.75, 3.05) is 13.2 Å². The van der Waals surface area contributed by atoms with E-state index in [0.29, 0.717) is 29.9 Å². The highest BCUT2D eigenvalue weighted by atomic mass is 16.5. The van der Waals surface area contributed by atoms with E-state index in [9.17, 15) is 14.7 Å². The molecule has 1 heterocycles. The standard InChI is InChI=1S/C23H24O5/c1-4-27-22(26)16-7-5-15(6-8-16)13-18(21(24)25)17-9-10-20-19(14-17)23(2,3)11-12-28-20/h5-10,13-14H,4,11-12H2,1-3H3,(H,24,25)/b18-13-.